The van der Waals surface area contributed by atoms with E-state index in [1.165, 1.54) is 24.4 Å². The molecule has 0 bridgehead atoms. The molecule has 2 aromatic heterocycles. The average molecular weight is 658 g/mol. The van der Waals surface area contributed by atoms with Crippen LogP contribution in [0.25, 0.3) is 16.0 Å². The third-order valence-electron chi connectivity index (χ3n) is 4.94. The second-order valence-electron chi connectivity index (χ2n) is 7.61. The van der Waals surface area contributed by atoms with Crippen molar-refractivity contribution in [1.29, 1.82) is 0 Å². The zero-order valence-electron chi connectivity index (χ0n) is 20.8. The van der Waals surface area contributed by atoms with Gasteiger partial charge < -0.3 is 4.72 Å². The molecule has 0 fully saturated rings. The second kappa shape index (κ2) is 15.6. The molecule has 0 spiro atoms. The number of aromatic nitrogens is 2. The summed E-state index contributed by atoms with van der Waals surface area (Å²) in [6.07, 6.45) is 4.97. The first kappa shape index (κ1) is 32.3. The summed E-state index contributed by atoms with van der Waals surface area (Å²) in [6.45, 7) is 0.800. The SMILES string of the molecule is Cc1c(F)c(F)c(F)c(S(=O)(=O)[N-]c2ccccc2-c2ccccn2)c1F.[Pd+2].[c-]1ccccc1.c1ccncc1. The molecule has 5 aromatic rings. The third kappa shape index (κ3) is 8.55. The Balaban J connectivity index is 0.000000353. The maximum atomic E-state index is 14.2. The molecule has 5 nitrogen and oxygen atoms in total. The van der Waals surface area contributed by atoms with E-state index in [1.54, 1.807) is 36.7 Å². The summed E-state index contributed by atoms with van der Waals surface area (Å²) in [5, 5.41) is 0. The standard InChI is InChI=1S/C18H11F4N2O2S.C6H5.C5H5N.Pd/c1-10-14(19)16(21)17(22)18(15(10)20)27(25,26)24-13-8-3-2-6-11(13)12-7-4-5-9-23-12;2*1-2-4-6-5-3-1;/h2-9H,1H3;2*1-5H;/q2*-1;;+2. The minimum absolute atomic E-state index is 0. The van der Waals surface area contributed by atoms with Gasteiger partial charge in [0.1, 0.15) is 20.7 Å². The Kier molecular flexibility index (Phi) is 12.6. The van der Waals surface area contributed by atoms with Crippen molar-refractivity contribution in [2.45, 2.75) is 11.8 Å². The minimum Gasteiger partial charge on any atom is -0.572 e. The van der Waals surface area contributed by atoms with Gasteiger partial charge in [0.05, 0.1) is 5.69 Å². The number of pyridine rings is 2. The van der Waals surface area contributed by atoms with Crippen molar-refractivity contribution in [2.24, 2.45) is 0 Å². The molecule has 2 heterocycles. The van der Waals surface area contributed by atoms with Crippen LogP contribution >= 0.6 is 0 Å². The fourth-order valence-corrected chi connectivity index (χ4v) is 4.28. The summed E-state index contributed by atoms with van der Waals surface area (Å²) in [5.74, 6) is -7.77. The molecule has 0 saturated carbocycles. The van der Waals surface area contributed by atoms with E-state index >= 15 is 0 Å². The molecular weight excluding hydrogens is 637 g/mol. The Labute approximate surface area is 243 Å². The van der Waals surface area contributed by atoms with Crippen molar-refractivity contribution < 1.29 is 46.4 Å². The Morgan fingerprint density at radius 3 is 1.80 bits per heavy atom. The molecular formula is C29H21F4N3O2PdS. The van der Waals surface area contributed by atoms with Crippen molar-refractivity contribution in [1.82, 2.24) is 9.97 Å². The molecule has 0 aliphatic heterocycles. The first-order valence-electron chi connectivity index (χ1n) is 11.3. The van der Waals surface area contributed by atoms with Gasteiger partial charge in [-0.1, -0.05) is 36.4 Å². The molecule has 0 amide bonds. The summed E-state index contributed by atoms with van der Waals surface area (Å²) in [5.41, 5.74) is -0.464. The van der Waals surface area contributed by atoms with E-state index in [0.29, 0.717) is 5.69 Å². The van der Waals surface area contributed by atoms with Crippen LogP contribution in [0.1, 0.15) is 5.56 Å². The Hall–Kier alpha value is -3.91. The van der Waals surface area contributed by atoms with Crippen molar-refractivity contribution in [3.8, 4) is 11.3 Å². The van der Waals surface area contributed by atoms with Gasteiger partial charge in [0.15, 0.2) is 17.5 Å². The predicted octanol–water partition coefficient (Wildman–Crippen LogP) is 7.57. The van der Waals surface area contributed by atoms with Gasteiger partial charge in [-0.3, -0.25) is 9.97 Å². The van der Waals surface area contributed by atoms with E-state index in [0.717, 1.165) is 6.92 Å². The van der Waals surface area contributed by atoms with Crippen molar-refractivity contribution in [3.05, 3.63) is 149 Å². The number of benzene rings is 3. The fraction of sp³-hybridized carbons (Fsp3) is 0.0345. The molecule has 0 unspecified atom stereocenters. The zero-order valence-corrected chi connectivity index (χ0v) is 23.2. The summed E-state index contributed by atoms with van der Waals surface area (Å²) in [4.78, 5) is 6.22. The molecule has 0 atom stereocenters. The van der Waals surface area contributed by atoms with Gasteiger partial charge in [-0.25, -0.2) is 26.0 Å². The van der Waals surface area contributed by atoms with Crippen molar-refractivity contribution in [2.75, 3.05) is 0 Å². The first-order valence-corrected chi connectivity index (χ1v) is 12.7. The first-order chi connectivity index (χ1) is 18.7. The number of rotatable bonds is 4. The molecule has 11 heteroatoms. The van der Waals surface area contributed by atoms with Gasteiger partial charge in [0.25, 0.3) is 0 Å². The van der Waals surface area contributed by atoms with E-state index in [2.05, 4.69) is 20.8 Å². The Morgan fingerprint density at radius 2 is 1.30 bits per heavy atom. The van der Waals surface area contributed by atoms with Crippen LogP contribution in [0.4, 0.5) is 23.2 Å². The van der Waals surface area contributed by atoms with Crippen LogP contribution < -0.4 is 0 Å². The summed E-state index contributed by atoms with van der Waals surface area (Å²) >= 11 is 0. The monoisotopic (exact) mass is 657 g/mol. The molecule has 40 heavy (non-hydrogen) atoms. The summed E-state index contributed by atoms with van der Waals surface area (Å²) in [7, 11) is -5.03. The maximum absolute atomic E-state index is 14.2. The number of hydrogen-bond acceptors (Lipinski definition) is 4. The van der Waals surface area contributed by atoms with Crippen LogP contribution in [0.3, 0.4) is 0 Å². The number of sulfonamides is 1. The summed E-state index contributed by atoms with van der Waals surface area (Å²) < 4.78 is 83.7. The molecule has 0 saturated heterocycles. The minimum atomic E-state index is -5.03. The van der Waals surface area contributed by atoms with Crippen LogP contribution in [0.5, 0.6) is 0 Å². The third-order valence-corrected chi connectivity index (χ3v) is 6.25. The predicted molar refractivity (Wildman–Crippen MR) is 140 cm³/mol. The van der Waals surface area contributed by atoms with Crippen LogP contribution in [0.15, 0.2) is 114 Å². The smallest absolute Gasteiger partial charge is 0.572 e. The fourth-order valence-electron chi connectivity index (χ4n) is 3.07. The van der Waals surface area contributed by atoms with E-state index in [1.807, 2.05) is 48.5 Å². The largest absolute Gasteiger partial charge is 2.00 e. The van der Waals surface area contributed by atoms with Gasteiger partial charge in [0, 0.05) is 24.2 Å². The maximum Gasteiger partial charge on any atom is 2.00 e. The van der Waals surface area contributed by atoms with Crippen molar-refractivity contribution >= 4 is 15.7 Å². The zero-order chi connectivity index (χ0) is 28.3. The number of hydrogen-bond donors (Lipinski definition) is 0. The van der Waals surface area contributed by atoms with E-state index in [-0.39, 0.29) is 31.7 Å². The molecule has 0 N–H and O–H groups in total. The molecule has 5 rings (SSSR count). The summed E-state index contributed by atoms with van der Waals surface area (Å²) in [6, 6.07) is 29.0. The van der Waals surface area contributed by atoms with Crippen LogP contribution in [0, 0.1) is 36.3 Å². The Morgan fingerprint density at radius 1 is 0.700 bits per heavy atom. The second-order valence-corrected chi connectivity index (χ2v) is 9.15. The van der Waals surface area contributed by atoms with Crippen LogP contribution in [-0.2, 0) is 30.4 Å². The van der Waals surface area contributed by atoms with Gasteiger partial charge in [0.2, 0.25) is 0 Å². The van der Waals surface area contributed by atoms with Gasteiger partial charge in [-0.05, 0) is 36.8 Å². The number of nitrogens with zero attached hydrogens (tertiary/aromatic N) is 3. The molecule has 3 aromatic carbocycles. The Bertz CT molecular complexity index is 1480. The molecule has 0 radical (unpaired) electrons. The van der Waals surface area contributed by atoms with Gasteiger partial charge in [-0.15, -0.1) is 5.69 Å². The van der Waals surface area contributed by atoms with Crippen LogP contribution in [0.2, 0.25) is 0 Å². The molecule has 208 valence electrons. The van der Waals surface area contributed by atoms with E-state index in [9.17, 15) is 26.0 Å². The topological polar surface area (TPSA) is 74.0 Å². The average Bonchev–Trinajstić information content (AvgIpc) is 2.98. The molecule has 0 aliphatic carbocycles. The van der Waals surface area contributed by atoms with Crippen LogP contribution in [-0.4, -0.2) is 18.4 Å². The van der Waals surface area contributed by atoms with E-state index < -0.39 is 43.8 Å². The van der Waals surface area contributed by atoms with Gasteiger partial charge >= 0.3 is 20.4 Å². The molecule has 0 aliphatic rings. The number of halogens is 4. The van der Waals surface area contributed by atoms with E-state index in [4.69, 9.17) is 0 Å². The normalized spacial score (nSPS) is 10.1. The van der Waals surface area contributed by atoms with Crippen molar-refractivity contribution in [3.63, 3.8) is 0 Å². The quantitative estimate of drug-likeness (QED) is 0.0657. The van der Waals surface area contributed by atoms with Gasteiger partial charge in [-0.2, -0.15) is 36.4 Å².